The summed E-state index contributed by atoms with van der Waals surface area (Å²) in [7, 11) is 0. The Labute approximate surface area is 156 Å². The average molecular weight is 393 g/mol. The maximum Gasteiger partial charge on any atom is 0.191 e. The molecule has 25 heavy (non-hydrogen) atoms. The van der Waals surface area contributed by atoms with E-state index < -0.39 is 11.3 Å². The van der Waals surface area contributed by atoms with Gasteiger partial charge in [0.05, 0.1) is 23.4 Å². The van der Waals surface area contributed by atoms with Crippen LogP contribution in [-0.2, 0) is 0 Å². The van der Waals surface area contributed by atoms with Crippen LogP contribution in [-0.4, -0.2) is 0 Å². The van der Waals surface area contributed by atoms with Gasteiger partial charge in [-0.15, -0.1) is 0 Å². The van der Waals surface area contributed by atoms with Crippen molar-refractivity contribution in [3.8, 4) is 18.2 Å². The van der Waals surface area contributed by atoms with Crippen LogP contribution >= 0.6 is 15.9 Å². The SMILES string of the molecule is C[C@@H]1CC=C2C(C#N)=C(N)C(C#N)(C#N)[C@H](c3cccc(Br)c3)[C@H]2C1. The summed E-state index contributed by atoms with van der Waals surface area (Å²) in [5.41, 5.74) is 6.90. The number of halogens is 1. The highest BCUT2D eigenvalue weighted by molar-refractivity contribution is 9.10. The summed E-state index contributed by atoms with van der Waals surface area (Å²) in [4.78, 5) is 0. The van der Waals surface area contributed by atoms with Crippen molar-refractivity contribution in [2.75, 3.05) is 0 Å². The first-order valence-electron chi connectivity index (χ1n) is 8.17. The van der Waals surface area contributed by atoms with Crippen LogP contribution in [0.1, 0.15) is 31.2 Å². The van der Waals surface area contributed by atoms with E-state index in [9.17, 15) is 15.8 Å². The minimum atomic E-state index is -1.54. The summed E-state index contributed by atoms with van der Waals surface area (Å²) in [6.45, 7) is 2.15. The van der Waals surface area contributed by atoms with Gasteiger partial charge in [-0.05, 0) is 47.9 Å². The summed E-state index contributed by atoms with van der Waals surface area (Å²) in [6, 6.07) is 14.1. The zero-order valence-corrected chi connectivity index (χ0v) is 15.4. The summed E-state index contributed by atoms with van der Waals surface area (Å²) < 4.78 is 0.887. The second kappa shape index (κ2) is 6.40. The topological polar surface area (TPSA) is 97.4 Å². The molecule has 0 unspecified atom stereocenters. The average Bonchev–Trinajstić information content (AvgIpc) is 2.61. The van der Waals surface area contributed by atoms with Gasteiger partial charge in [0, 0.05) is 10.4 Å². The second-order valence-corrected chi connectivity index (χ2v) is 7.72. The lowest BCUT2D eigenvalue weighted by molar-refractivity contribution is 0.284. The standard InChI is InChI=1S/C20H17BrN4/c1-12-5-6-15-16(7-12)18(13-3-2-4-14(21)8-13)20(10-23,11-24)19(25)17(15)9-22/h2-4,6,8,12,16,18H,5,7,25H2,1H3/t12-,16+,18-/m1/s1. The van der Waals surface area contributed by atoms with E-state index in [-0.39, 0.29) is 11.6 Å². The van der Waals surface area contributed by atoms with Crippen LogP contribution in [0.3, 0.4) is 0 Å². The van der Waals surface area contributed by atoms with Crippen LogP contribution in [0.25, 0.3) is 0 Å². The number of nitriles is 3. The Balaban J connectivity index is 2.34. The number of rotatable bonds is 1. The number of benzene rings is 1. The Morgan fingerprint density at radius 1 is 1.24 bits per heavy atom. The van der Waals surface area contributed by atoms with Crippen molar-refractivity contribution >= 4 is 15.9 Å². The lowest BCUT2D eigenvalue weighted by atomic mass is 9.56. The van der Waals surface area contributed by atoms with E-state index in [1.54, 1.807) is 0 Å². The van der Waals surface area contributed by atoms with Gasteiger partial charge in [0.1, 0.15) is 6.07 Å². The number of nitrogens with two attached hydrogens (primary N) is 1. The molecule has 0 saturated carbocycles. The summed E-state index contributed by atoms with van der Waals surface area (Å²) in [6.07, 6.45) is 3.77. The number of fused-ring (bicyclic) bond motifs is 1. The molecule has 5 heteroatoms. The molecule has 2 aliphatic rings. The van der Waals surface area contributed by atoms with Crippen LogP contribution in [0.4, 0.5) is 0 Å². The van der Waals surface area contributed by atoms with Crippen molar-refractivity contribution < 1.29 is 0 Å². The van der Waals surface area contributed by atoms with E-state index in [1.807, 2.05) is 24.3 Å². The molecule has 0 aliphatic heterocycles. The van der Waals surface area contributed by atoms with Crippen LogP contribution < -0.4 is 5.73 Å². The summed E-state index contributed by atoms with van der Waals surface area (Å²) in [5.74, 6) is -0.0387. The molecular weight excluding hydrogens is 376 g/mol. The maximum atomic E-state index is 9.96. The van der Waals surface area contributed by atoms with Crippen molar-refractivity contribution in [2.45, 2.75) is 25.7 Å². The van der Waals surface area contributed by atoms with Gasteiger partial charge >= 0.3 is 0 Å². The van der Waals surface area contributed by atoms with Gasteiger partial charge in [-0.1, -0.05) is 41.1 Å². The quantitative estimate of drug-likeness (QED) is 0.770. The van der Waals surface area contributed by atoms with Crippen LogP contribution in [0.2, 0.25) is 0 Å². The van der Waals surface area contributed by atoms with Crippen molar-refractivity contribution in [3.63, 3.8) is 0 Å². The van der Waals surface area contributed by atoms with E-state index in [0.717, 1.165) is 28.5 Å². The third-order valence-electron chi connectivity index (χ3n) is 5.32. The van der Waals surface area contributed by atoms with Gasteiger partial charge in [-0.3, -0.25) is 0 Å². The lowest BCUT2D eigenvalue weighted by Gasteiger charge is -2.44. The Morgan fingerprint density at radius 3 is 2.56 bits per heavy atom. The highest BCUT2D eigenvalue weighted by Crippen LogP contribution is 2.56. The minimum Gasteiger partial charge on any atom is -0.399 e. The predicted octanol–water partition coefficient (Wildman–Crippen LogP) is 4.29. The summed E-state index contributed by atoms with van der Waals surface area (Å²) in [5, 5.41) is 29.5. The van der Waals surface area contributed by atoms with Gasteiger partial charge in [0.15, 0.2) is 5.41 Å². The zero-order chi connectivity index (χ0) is 18.2. The maximum absolute atomic E-state index is 9.96. The van der Waals surface area contributed by atoms with Crippen molar-refractivity contribution in [3.05, 3.63) is 57.2 Å². The second-order valence-electron chi connectivity index (χ2n) is 6.81. The normalized spacial score (nSPS) is 27.3. The fourth-order valence-electron chi connectivity index (χ4n) is 4.15. The fourth-order valence-corrected chi connectivity index (χ4v) is 4.57. The van der Waals surface area contributed by atoms with Gasteiger partial charge in [-0.25, -0.2) is 0 Å². The van der Waals surface area contributed by atoms with E-state index in [0.29, 0.717) is 11.5 Å². The highest BCUT2D eigenvalue weighted by Gasteiger charge is 2.54. The number of hydrogen-bond donors (Lipinski definition) is 1. The highest BCUT2D eigenvalue weighted by atomic mass is 79.9. The first-order chi connectivity index (χ1) is 12.0. The molecule has 0 saturated heterocycles. The van der Waals surface area contributed by atoms with Crippen molar-refractivity contribution in [2.24, 2.45) is 23.0 Å². The smallest absolute Gasteiger partial charge is 0.191 e. The van der Waals surface area contributed by atoms with E-state index in [1.165, 1.54) is 0 Å². The van der Waals surface area contributed by atoms with Gasteiger partial charge in [0.25, 0.3) is 0 Å². The molecule has 0 radical (unpaired) electrons. The summed E-state index contributed by atoms with van der Waals surface area (Å²) >= 11 is 3.47. The van der Waals surface area contributed by atoms with Gasteiger partial charge in [-0.2, -0.15) is 15.8 Å². The Kier molecular flexibility index (Phi) is 4.42. The Morgan fingerprint density at radius 2 is 1.96 bits per heavy atom. The molecular formula is C20H17BrN4. The van der Waals surface area contributed by atoms with Crippen LogP contribution in [0, 0.1) is 51.2 Å². The van der Waals surface area contributed by atoms with Crippen molar-refractivity contribution in [1.29, 1.82) is 15.8 Å². The fraction of sp³-hybridized carbons (Fsp3) is 0.350. The molecule has 124 valence electrons. The molecule has 2 N–H and O–H groups in total. The first kappa shape index (κ1) is 17.3. The molecule has 2 aliphatic carbocycles. The van der Waals surface area contributed by atoms with E-state index in [4.69, 9.17) is 5.73 Å². The molecule has 0 aromatic heterocycles. The first-order valence-corrected chi connectivity index (χ1v) is 8.96. The zero-order valence-electron chi connectivity index (χ0n) is 13.8. The molecule has 3 rings (SSSR count). The molecule has 0 spiro atoms. The number of hydrogen-bond acceptors (Lipinski definition) is 4. The van der Waals surface area contributed by atoms with E-state index >= 15 is 0 Å². The van der Waals surface area contributed by atoms with Gasteiger partial charge in [0.2, 0.25) is 0 Å². The molecule has 0 bridgehead atoms. The molecule has 1 aromatic rings. The third kappa shape index (κ3) is 2.55. The minimum absolute atomic E-state index is 0.0701. The molecule has 3 atom stereocenters. The Hall–Kier alpha value is -2.55. The Bertz CT molecular complexity index is 893. The third-order valence-corrected chi connectivity index (χ3v) is 5.81. The molecule has 0 fully saturated rings. The molecule has 0 heterocycles. The monoisotopic (exact) mass is 392 g/mol. The van der Waals surface area contributed by atoms with Crippen LogP contribution in [0.5, 0.6) is 0 Å². The largest absolute Gasteiger partial charge is 0.399 e. The van der Waals surface area contributed by atoms with Crippen molar-refractivity contribution in [1.82, 2.24) is 0 Å². The molecule has 0 amide bonds. The molecule has 1 aromatic carbocycles. The molecule has 4 nitrogen and oxygen atoms in total. The predicted molar refractivity (Wildman–Crippen MR) is 97.3 cm³/mol. The lowest BCUT2D eigenvalue weighted by Crippen LogP contribution is -2.43. The number of nitrogens with zero attached hydrogens (tertiary/aromatic N) is 3. The van der Waals surface area contributed by atoms with Gasteiger partial charge < -0.3 is 5.73 Å². The van der Waals surface area contributed by atoms with Crippen LogP contribution in [0.15, 0.2) is 51.7 Å². The number of allylic oxidation sites excluding steroid dienone is 4. The van der Waals surface area contributed by atoms with E-state index in [2.05, 4.69) is 47.1 Å².